The molecule has 0 aliphatic heterocycles. The van der Waals surface area contributed by atoms with Gasteiger partial charge < -0.3 is 25.0 Å². The van der Waals surface area contributed by atoms with E-state index in [4.69, 9.17) is 9.47 Å². The summed E-state index contributed by atoms with van der Waals surface area (Å²) in [5, 5.41) is 15.0. The largest absolute Gasteiger partial charge is 0.466 e. The van der Waals surface area contributed by atoms with Crippen LogP contribution in [0.15, 0.2) is 24.3 Å². The number of alkyl carbamates (subject to hydrolysis) is 1. The van der Waals surface area contributed by atoms with Crippen molar-refractivity contribution in [3.63, 3.8) is 0 Å². The molecule has 1 aromatic rings. The smallest absolute Gasteiger partial charge is 0.408 e. The molecule has 1 rings (SSSR count). The average molecular weight is 531 g/mol. The molecule has 0 heterocycles. The van der Waals surface area contributed by atoms with Gasteiger partial charge in [0.2, 0.25) is 11.8 Å². The van der Waals surface area contributed by atoms with Crippen LogP contribution in [0.25, 0.3) is 0 Å². The van der Waals surface area contributed by atoms with Crippen LogP contribution in [0.2, 0.25) is 0 Å². The molecule has 3 unspecified atom stereocenters. The topological polar surface area (TPSA) is 138 Å². The third kappa shape index (κ3) is 10.4. The molecule has 0 aliphatic rings. The van der Waals surface area contributed by atoms with E-state index in [0.29, 0.717) is 12.0 Å². The number of nitrogens with zero attached hydrogens (tertiary/aromatic N) is 2. The first-order chi connectivity index (χ1) is 17.9. The molecule has 10 nitrogen and oxygen atoms in total. The van der Waals surface area contributed by atoms with E-state index in [1.54, 1.807) is 46.8 Å². The van der Waals surface area contributed by atoms with Crippen LogP contribution in [0.5, 0.6) is 0 Å². The third-order valence-electron chi connectivity index (χ3n) is 5.87. The number of ether oxygens (including phenoxy) is 2. The summed E-state index contributed by atoms with van der Waals surface area (Å²) in [4.78, 5) is 52.8. The Bertz CT molecular complexity index is 981. The van der Waals surface area contributed by atoms with E-state index in [-0.39, 0.29) is 25.5 Å². The number of carbonyl (C=O) groups excluding carboxylic acids is 4. The first kappa shape index (κ1) is 32.4. The Labute approximate surface area is 226 Å². The SMILES string of the molecule is CCOC(=O)CCNC(=O)C(c1ccc(CC)cc1)N(CC#N)C(=O)C(NC(=O)OC(C)(C)C)C(C)CC. The summed E-state index contributed by atoms with van der Waals surface area (Å²) in [6, 6.07) is 6.97. The second-order valence-electron chi connectivity index (χ2n) is 9.98. The number of rotatable bonds is 13. The lowest BCUT2D eigenvalue weighted by Gasteiger charge is -2.34. The average Bonchev–Trinajstić information content (AvgIpc) is 2.85. The highest BCUT2D eigenvalue weighted by molar-refractivity contribution is 5.92. The van der Waals surface area contributed by atoms with Crippen molar-refractivity contribution in [3.8, 4) is 6.07 Å². The lowest BCUT2D eigenvalue weighted by molar-refractivity contribution is -0.144. The van der Waals surface area contributed by atoms with Crippen molar-refractivity contribution in [2.75, 3.05) is 19.7 Å². The van der Waals surface area contributed by atoms with Crippen LogP contribution in [-0.4, -0.2) is 60.1 Å². The molecular formula is C28H42N4O6. The maximum absolute atomic E-state index is 13.9. The minimum Gasteiger partial charge on any atom is -0.466 e. The molecule has 0 radical (unpaired) electrons. The fourth-order valence-electron chi connectivity index (χ4n) is 3.69. The van der Waals surface area contributed by atoms with Crippen molar-refractivity contribution in [3.05, 3.63) is 35.4 Å². The highest BCUT2D eigenvalue weighted by atomic mass is 16.6. The zero-order valence-corrected chi connectivity index (χ0v) is 23.6. The molecule has 3 atom stereocenters. The van der Waals surface area contributed by atoms with Gasteiger partial charge in [0.25, 0.3) is 0 Å². The van der Waals surface area contributed by atoms with Gasteiger partial charge in [-0.1, -0.05) is 51.5 Å². The van der Waals surface area contributed by atoms with E-state index in [1.165, 1.54) is 0 Å². The van der Waals surface area contributed by atoms with Crippen molar-refractivity contribution in [1.82, 2.24) is 15.5 Å². The van der Waals surface area contributed by atoms with Crippen molar-refractivity contribution < 1.29 is 28.7 Å². The van der Waals surface area contributed by atoms with Gasteiger partial charge in [0, 0.05) is 6.54 Å². The Hall–Kier alpha value is -3.61. The standard InChI is InChI=1S/C28H42N4O6/c1-8-19(4)23(31-27(36)38-28(5,6)7)26(35)32(18-16-29)24(21-13-11-20(9-2)12-14-21)25(34)30-17-15-22(33)37-10-3/h11-14,19,23-24H,8-10,15,17-18H2,1-7H3,(H,30,34)(H,31,36). The van der Waals surface area contributed by atoms with Crippen molar-refractivity contribution >= 4 is 23.9 Å². The lowest BCUT2D eigenvalue weighted by atomic mass is 9.95. The molecule has 0 saturated carbocycles. The summed E-state index contributed by atoms with van der Waals surface area (Å²) in [5.74, 6) is -1.91. The summed E-state index contributed by atoms with van der Waals surface area (Å²) in [7, 11) is 0. The fraction of sp³-hybridized carbons (Fsp3) is 0.607. The summed E-state index contributed by atoms with van der Waals surface area (Å²) < 4.78 is 10.3. The minimum absolute atomic E-state index is 0.000738. The monoisotopic (exact) mass is 530 g/mol. The lowest BCUT2D eigenvalue weighted by Crippen LogP contribution is -2.55. The maximum Gasteiger partial charge on any atom is 0.408 e. The van der Waals surface area contributed by atoms with Crippen molar-refractivity contribution in [2.45, 2.75) is 85.4 Å². The van der Waals surface area contributed by atoms with Gasteiger partial charge in [-0.15, -0.1) is 0 Å². The van der Waals surface area contributed by atoms with Gasteiger partial charge in [-0.3, -0.25) is 14.4 Å². The molecule has 10 heteroatoms. The predicted molar refractivity (Wildman–Crippen MR) is 143 cm³/mol. The minimum atomic E-state index is -1.16. The molecule has 0 fully saturated rings. The van der Waals surface area contributed by atoms with E-state index in [2.05, 4.69) is 10.6 Å². The van der Waals surface area contributed by atoms with Crippen LogP contribution in [0.4, 0.5) is 4.79 Å². The van der Waals surface area contributed by atoms with Gasteiger partial charge in [-0.05, 0) is 51.2 Å². The van der Waals surface area contributed by atoms with Gasteiger partial charge in [0.1, 0.15) is 24.2 Å². The van der Waals surface area contributed by atoms with Crippen LogP contribution in [0.1, 0.15) is 78.5 Å². The number of carbonyl (C=O) groups is 4. The molecule has 3 amide bonds. The quantitative estimate of drug-likeness (QED) is 0.293. The van der Waals surface area contributed by atoms with E-state index in [9.17, 15) is 24.4 Å². The van der Waals surface area contributed by atoms with Crippen LogP contribution in [-0.2, 0) is 30.3 Å². The number of hydrogen-bond acceptors (Lipinski definition) is 7. The maximum atomic E-state index is 13.9. The molecule has 0 bridgehead atoms. The van der Waals surface area contributed by atoms with Gasteiger partial charge in [-0.2, -0.15) is 5.26 Å². The van der Waals surface area contributed by atoms with Crippen LogP contribution >= 0.6 is 0 Å². The summed E-state index contributed by atoms with van der Waals surface area (Å²) in [5.41, 5.74) is 0.763. The zero-order valence-electron chi connectivity index (χ0n) is 23.6. The van der Waals surface area contributed by atoms with E-state index >= 15 is 0 Å². The number of nitriles is 1. The molecule has 0 spiro atoms. The number of hydrogen-bond donors (Lipinski definition) is 2. The molecule has 210 valence electrons. The second kappa shape index (κ2) is 15.6. The number of esters is 1. The molecule has 1 aromatic carbocycles. The highest BCUT2D eigenvalue weighted by Gasteiger charge is 2.38. The Morgan fingerprint density at radius 1 is 1.08 bits per heavy atom. The van der Waals surface area contributed by atoms with Crippen LogP contribution < -0.4 is 10.6 Å². The van der Waals surface area contributed by atoms with Crippen molar-refractivity contribution in [2.24, 2.45) is 5.92 Å². The number of nitrogens with one attached hydrogen (secondary N) is 2. The van der Waals surface area contributed by atoms with Crippen LogP contribution in [0.3, 0.4) is 0 Å². The molecule has 2 N–H and O–H groups in total. The normalized spacial score (nSPS) is 13.3. The highest BCUT2D eigenvalue weighted by Crippen LogP contribution is 2.25. The van der Waals surface area contributed by atoms with Crippen molar-refractivity contribution in [1.29, 1.82) is 5.26 Å². The Balaban J connectivity index is 3.40. The molecule has 0 aliphatic carbocycles. The Kier molecular flexibility index (Phi) is 13.3. The van der Waals surface area contributed by atoms with Gasteiger partial charge >= 0.3 is 12.1 Å². The Morgan fingerprint density at radius 2 is 1.71 bits per heavy atom. The first-order valence-electron chi connectivity index (χ1n) is 13.1. The molecular weight excluding hydrogens is 488 g/mol. The van der Waals surface area contributed by atoms with E-state index < -0.39 is 48.1 Å². The number of amides is 3. The van der Waals surface area contributed by atoms with E-state index in [1.807, 2.05) is 32.0 Å². The van der Waals surface area contributed by atoms with Gasteiger partial charge in [-0.25, -0.2) is 4.79 Å². The zero-order chi connectivity index (χ0) is 28.9. The molecule has 0 aromatic heterocycles. The molecule has 0 saturated heterocycles. The number of aryl methyl sites for hydroxylation is 1. The Morgan fingerprint density at radius 3 is 2.21 bits per heavy atom. The number of benzene rings is 1. The summed E-state index contributed by atoms with van der Waals surface area (Å²) in [6.07, 6.45) is 0.528. The molecule has 38 heavy (non-hydrogen) atoms. The van der Waals surface area contributed by atoms with Gasteiger partial charge in [0.15, 0.2) is 0 Å². The van der Waals surface area contributed by atoms with Gasteiger partial charge in [0.05, 0.1) is 19.1 Å². The fourth-order valence-corrected chi connectivity index (χ4v) is 3.69. The van der Waals surface area contributed by atoms with Crippen LogP contribution in [0, 0.1) is 17.2 Å². The first-order valence-corrected chi connectivity index (χ1v) is 13.1. The summed E-state index contributed by atoms with van der Waals surface area (Å²) in [6.45, 7) is 12.3. The second-order valence-corrected chi connectivity index (χ2v) is 9.98. The predicted octanol–water partition coefficient (Wildman–Crippen LogP) is 3.65. The summed E-state index contributed by atoms with van der Waals surface area (Å²) >= 11 is 0. The third-order valence-corrected chi connectivity index (χ3v) is 5.87. The van der Waals surface area contributed by atoms with E-state index in [0.717, 1.165) is 16.9 Å².